The van der Waals surface area contributed by atoms with Gasteiger partial charge in [-0.1, -0.05) is 30.3 Å². The first-order valence-corrected chi connectivity index (χ1v) is 8.85. The van der Waals surface area contributed by atoms with Gasteiger partial charge < -0.3 is 10.3 Å². The predicted octanol–water partition coefficient (Wildman–Crippen LogP) is 6.09. The summed E-state index contributed by atoms with van der Waals surface area (Å²) in [5, 5.41) is 4.27. The van der Waals surface area contributed by atoms with Crippen LogP contribution in [0.5, 0.6) is 0 Å². The number of para-hydroxylation sites is 1. The molecule has 0 unspecified atom stereocenters. The number of benzene rings is 2. The SMILES string of the molecule is Cc1[nH]c2ccccc2c1[C@@H](Nc1cccc(C(F)(F)F)c1)c1ccccn1. The fourth-order valence-corrected chi connectivity index (χ4v) is 3.46. The molecule has 0 amide bonds. The molecule has 6 heteroatoms. The molecule has 1 atom stereocenters. The van der Waals surface area contributed by atoms with Crippen LogP contribution in [0.2, 0.25) is 0 Å². The summed E-state index contributed by atoms with van der Waals surface area (Å²) in [6.45, 7) is 1.96. The Balaban J connectivity index is 1.83. The third kappa shape index (κ3) is 3.45. The van der Waals surface area contributed by atoms with Crippen molar-refractivity contribution in [1.29, 1.82) is 0 Å². The lowest BCUT2D eigenvalue weighted by molar-refractivity contribution is -0.137. The number of halogens is 3. The van der Waals surface area contributed by atoms with Crippen LogP contribution >= 0.6 is 0 Å². The summed E-state index contributed by atoms with van der Waals surface area (Å²) in [5.41, 5.74) is 3.31. The van der Waals surface area contributed by atoms with Crippen LogP contribution in [0.15, 0.2) is 72.9 Å². The summed E-state index contributed by atoms with van der Waals surface area (Å²) in [6.07, 6.45) is -2.71. The number of H-pyrrole nitrogens is 1. The second-order valence-corrected chi connectivity index (χ2v) is 6.62. The molecule has 0 bridgehead atoms. The van der Waals surface area contributed by atoms with Crippen LogP contribution in [0.1, 0.15) is 28.6 Å². The van der Waals surface area contributed by atoms with Gasteiger partial charge in [-0.25, -0.2) is 0 Å². The molecule has 28 heavy (non-hydrogen) atoms. The van der Waals surface area contributed by atoms with Crippen LogP contribution in [0.25, 0.3) is 10.9 Å². The van der Waals surface area contributed by atoms with Crippen molar-refractivity contribution >= 4 is 16.6 Å². The molecule has 2 aromatic carbocycles. The number of rotatable bonds is 4. The second-order valence-electron chi connectivity index (χ2n) is 6.62. The lowest BCUT2D eigenvalue weighted by Crippen LogP contribution is -2.15. The number of fused-ring (bicyclic) bond motifs is 1. The average molecular weight is 381 g/mol. The highest BCUT2D eigenvalue weighted by Crippen LogP contribution is 2.35. The van der Waals surface area contributed by atoms with Crippen molar-refractivity contribution in [3.63, 3.8) is 0 Å². The van der Waals surface area contributed by atoms with Crippen LogP contribution in [0.3, 0.4) is 0 Å². The van der Waals surface area contributed by atoms with Crippen molar-refractivity contribution in [3.05, 3.63) is 95.4 Å². The van der Waals surface area contributed by atoms with Crippen LogP contribution < -0.4 is 5.32 Å². The molecule has 2 aromatic heterocycles. The van der Waals surface area contributed by atoms with Gasteiger partial charge in [-0.2, -0.15) is 13.2 Å². The van der Waals surface area contributed by atoms with E-state index in [2.05, 4.69) is 15.3 Å². The van der Waals surface area contributed by atoms with Gasteiger partial charge in [0.25, 0.3) is 0 Å². The summed E-state index contributed by atoms with van der Waals surface area (Å²) in [7, 11) is 0. The number of hydrogen-bond acceptors (Lipinski definition) is 2. The molecule has 3 nitrogen and oxygen atoms in total. The smallest absolute Gasteiger partial charge is 0.373 e. The van der Waals surface area contributed by atoms with Crippen molar-refractivity contribution in [2.75, 3.05) is 5.32 Å². The first-order chi connectivity index (χ1) is 13.4. The fourth-order valence-electron chi connectivity index (χ4n) is 3.46. The molecule has 0 spiro atoms. The largest absolute Gasteiger partial charge is 0.416 e. The van der Waals surface area contributed by atoms with Crippen LogP contribution in [0, 0.1) is 6.92 Å². The van der Waals surface area contributed by atoms with Crippen molar-refractivity contribution in [2.24, 2.45) is 0 Å². The lowest BCUT2D eigenvalue weighted by Gasteiger charge is -2.21. The Bertz CT molecular complexity index is 1100. The third-order valence-corrected chi connectivity index (χ3v) is 4.72. The van der Waals surface area contributed by atoms with E-state index in [1.807, 2.05) is 49.4 Å². The maximum atomic E-state index is 13.1. The minimum absolute atomic E-state index is 0.384. The Hall–Kier alpha value is -3.28. The molecule has 0 aliphatic rings. The molecule has 0 aliphatic carbocycles. The monoisotopic (exact) mass is 381 g/mol. The summed E-state index contributed by atoms with van der Waals surface area (Å²) in [6, 6.07) is 18.2. The van der Waals surface area contributed by atoms with E-state index in [4.69, 9.17) is 0 Å². The van der Waals surface area contributed by atoms with E-state index in [0.29, 0.717) is 5.69 Å². The van der Waals surface area contributed by atoms with E-state index in [-0.39, 0.29) is 0 Å². The molecule has 0 aliphatic heterocycles. The van der Waals surface area contributed by atoms with Gasteiger partial charge in [-0.15, -0.1) is 0 Å². The standard InChI is InChI=1S/C22H18F3N3/c1-14-20(17-9-2-3-10-18(17)27-14)21(19-11-4-5-12-26-19)28-16-8-6-7-15(13-16)22(23,24)25/h2-13,21,27-28H,1H3/t21-/m0/s1. The van der Waals surface area contributed by atoms with E-state index in [1.54, 1.807) is 12.3 Å². The molecule has 4 aromatic rings. The van der Waals surface area contributed by atoms with Gasteiger partial charge >= 0.3 is 6.18 Å². The first kappa shape index (κ1) is 18.1. The number of anilines is 1. The summed E-state index contributed by atoms with van der Waals surface area (Å²) in [4.78, 5) is 7.80. The summed E-state index contributed by atoms with van der Waals surface area (Å²) >= 11 is 0. The molecular formula is C22H18F3N3. The van der Waals surface area contributed by atoms with E-state index in [9.17, 15) is 13.2 Å². The average Bonchev–Trinajstić information content (AvgIpc) is 3.02. The number of aromatic nitrogens is 2. The number of hydrogen-bond donors (Lipinski definition) is 2. The normalized spacial score (nSPS) is 12.9. The molecule has 0 saturated carbocycles. The van der Waals surface area contributed by atoms with E-state index in [0.717, 1.165) is 40.0 Å². The van der Waals surface area contributed by atoms with Crippen molar-refractivity contribution in [3.8, 4) is 0 Å². The maximum absolute atomic E-state index is 13.1. The van der Waals surface area contributed by atoms with E-state index >= 15 is 0 Å². The van der Waals surface area contributed by atoms with Crippen LogP contribution in [0.4, 0.5) is 18.9 Å². The highest BCUT2D eigenvalue weighted by Gasteiger charge is 2.31. The van der Waals surface area contributed by atoms with E-state index in [1.165, 1.54) is 6.07 Å². The van der Waals surface area contributed by atoms with Crippen molar-refractivity contribution in [2.45, 2.75) is 19.1 Å². The molecule has 0 saturated heterocycles. The van der Waals surface area contributed by atoms with Crippen LogP contribution in [-0.4, -0.2) is 9.97 Å². The third-order valence-electron chi connectivity index (χ3n) is 4.72. The van der Waals surface area contributed by atoms with Gasteiger partial charge in [0.2, 0.25) is 0 Å². The fraction of sp³-hybridized carbons (Fsp3) is 0.136. The number of alkyl halides is 3. The number of nitrogens with zero attached hydrogens (tertiary/aromatic N) is 1. The highest BCUT2D eigenvalue weighted by molar-refractivity contribution is 5.86. The van der Waals surface area contributed by atoms with E-state index < -0.39 is 17.8 Å². The Morgan fingerprint density at radius 3 is 2.50 bits per heavy atom. The minimum Gasteiger partial charge on any atom is -0.373 e. The Kier molecular flexibility index (Phi) is 4.55. The molecule has 0 radical (unpaired) electrons. The maximum Gasteiger partial charge on any atom is 0.416 e. The molecule has 2 heterocycles. The zero-order chi connectivity index (χ0) is 19.7. The highest BCUT2D eigenvalue weighted by atomic mass is 19.4. The minimum atomic E-state index is -4.39. The predicted molar refractivity (Wildman–Crippen MR) is 104 cm³/mol. The zero-order valence-corrected chi connectivity index (χ0v) is 15.1. The van der Waals surface area contributed by atoms with Gasteiger partial charge in [-0.3, -0.25) is 4.98 Å². The Labute approximate surface area is 160 Å². The van der Waals surface area contributed by atoms with Gasteiger partial charge in [0.1, 0.15) is 0 Å². The molecule has 142 valence electrons. The van der Waals surface area contributed by atoms with Gasteiger partial charge in [-0.05, 0) is 43.3 Å². The number of aromatic amines is 1. The quantitative estimate of drug-likeness (QED) is 0.449. The molecule has 0 fully saturated rings. The molecule has 2 N–H and O–H groups in total. The summed E-state index contributed by atoms with van der Waals surface area (Å²) < 4.78 is 39.4. The van der Waals surface area contributed by atoms with Gasteiger partial charge in [0.05, 0.1) is 17.3 Å². The van der Waals surface area contributed by atoms with Gasteiger partial charge in [0.15, 0.2) is 0 Å². The lowest BCUT2D eigenvalue weighted by atomic mass is 9.99. The first-order valence-electron chi connectivity index (χ1n) is 8.85. The van der Waals surface area contributed by atoms with Crippen LogP contribution in [-0.2, 0) is 6.18 Å². The van der Waals surface area contributed by atoms with Crippen molar-refractivity contribution < 1.29 is 13.2 Å². The topological polar surface area (TPSA) is 40.7 Å². The second kappa shape index (κ2) is 7.03. The molecule has 4 rings (SSSR count). The Morgan fingerprint density at radius 2 is 1.75 bits per heavy atom. The summed E-state index contributed by atoms with van der Waals surface area (Å²) in [5.74, 6) is 0. The van der Waals surface area contributed by atoms with Crippen molar-refractivity contribution in [1.82, 2.24) is 9.97 Å². The zero-order valence-electron chi connectivity index (χ0n) is 15.1. The van der Waals surface area contributed by atoms with Gasteiger partial charge in [0, 0.05) is 34.0 Å². The number of nitrogens with one attached hydrogen (secondary N) is 2. The number of pyridine rings is 1. The Morgan fingerprint density at radius 1 is 0.964 bits per heavy atom. The molecular weight excluding hydrogens is 363 g/mol. The number of aryl methyl sites for hydroxylation is 1.